The van der Waals surface area contributed by atoms with Crippen LogP contribution in [0.15, 0.2) is 36.4 Å². The van der Waals surface area contributed by atoms with Gasteiger partial charge in [0.05, 0.1) is 22.7 Å². The first kappa shape index (κ1) is 17.2. The maximum absolute atomic E-state index is 13.1. The quantitative estimate of drug-likeness (QED) is 0.847. The number of esters is 1. The minimum atomic E-state index is -0.688. The number of halogens is 3. The predicted octanol–water partition coefficient (Wildman–Crippen LogP) is 3.85. The molecule has 0 bridgehead atoms. The minimum absolute atomic E-state index is 0.00230. The molecule has 0 unspecified atom stereocenters. The van der Waals surface area contributed by atoms with Crippen molar-refractivity contribution in [3.05, 3.63) is 69.0 Å². The van der Waals surface area contributed by atoms with E-state index in [1.54, 1.807) is 12.1 Å². The lowest BCUT2D eigenvalue weighted by molar-refractivity contribution is 0.0600. The molecule has 0 aliphatic rings. The molecule has 1 N–H and O–H groups in total. The monoisotopic (exact) mass is 355 g/mol. The fourth-order valence-electron chi connectivity index (χ4n) is 1.93. The molecule has 2 aromatic rings. The lowest BCUT2D eigenvalue weighted by Crippen LogP contribution is -2.23. The van der Waals surface area contributed by atoms with Gasteiger partial charge in [0.1, 0.15) is 5.82 Å². The maximum Gasteiger partial charge on any atom is 0.340 e. The van der Waals surface area contributed by atoms with Crippen LogP contribution in [0.4, 0.5) is 4.39 Å². The predicted molar refractivity (Wildman–Crippen MR) is 85.4 cm³/mol. The average molecular weight is 356 g/mol. The fourth-order valence-corrected chi connectivity index (χ4v) is 2.57. The molecule has 0 aromatic heterocycles. The van der Waals surface area contributed by atoms with Gasteiger partial charge in [-0.15, -0.1) is 0 Å². The molecular weight excluding hydrogens is 344 g/mol. The van der Waals surface area contributed by atoms with Crippen LogP contribution in [-0.2, 0) is 11.3 Å². The number of ether oxygens (including phenoxy) is 1. The molecule has 1 amide bonds. The topological polar surface area (TPSA) is 55.4 Å². The van der Waals surface area contributed by atoms with Gasteiger partial charge in [-0.3, -0.25) is 4.79 Å². The Morgan fingerprint density at radius 3 is 2.39 bits per heavy atom. The molecule has 0 heterocycles. The van der Waals surface area contributed by atoms with Crippen LogP contribution in [0.2, 0.25) is 10.0 Å². The molecule has 0 fully saturated rings. The zero-order valence-corrected chi connectivity index (χ0v) is 13.5. The summed E-state index contributed by atoms with van der Waals surface area (Å²) >= 11 is 12.0. The van der Waals surface area contributed by atoms with Crippen molar-refractivity contribution in [3.63, 3.8) is 0 Å². The number of hydrogen-bond acceptors (Lipinski definition) is 3. The molecule has 7 heteroatoms. The molecule has 0 radical (unpaired) electrons. The van der Waals surface area contributed by atoms with E-state index in [2.05, 4.69) is 10.1 Å². The maximum atomic E-state index is 13.1. The number of nitrogens with one attached hydrogen (secondary N) is 1. The Morgan fingerprint density at radius 2 is 1.83 bits per heavy atom. The molecular formula is C16H12Cl2FNO3. The van der Waals surface area contributed by atoms with E-state index >= 15 is 0 Å². The van der Waals surface area contributed by atoms with Gasteiger partial charge < -0.3 is 10.1 Å². The Morgan fingerprint density at radius 1 is 1.17 bits per heavy atom. The Kier molecular flexibility index (Phi) is 5.58. The molecule has 0 spiro atoms. The van der Waals surface area contributed by atoms with Crippen molar-refractivity contribution in [2.45, 2.75) is 6.54 Å². The summed E-state index contributed by atoms with van der Waals surface area (Å²) in [6.07, 6.45) is 0. The van der Waals surface area contributed by atoms with Gasteiger partial charge in [-0.25, -0.2) is 9.18 Å². The third kappa shape index (κ3) is 4.21. The van der Waals surface area contributed by atoms with Gasteiger partial charge in [0.2, 0.25) is 0 Å². The van der Waals surface area contributed by atoms with Crippen molar-refractivity contribution in [2.24, 2.45) is 0 Å². The SMILES string of the molecule is COC(=O)c1c(Cl)cc(C(=O)NCc2cccc(F)c2)cc1Cl. The van der Waals surface area contributed by atoms with Crippen molar-refractivity contribution in [2.75, 3.05) is 7.11 Å². The summed E-state index contributed by atoms with van der Waals surface area (Å²) in [7, 11) is 1.20. The van der Waals surface area contributed by atoms with E-state index in [-0.39, 0.29) is 33.5 Å². The van der Waals surface area contributed by atoms with Crippen molar-refractivity contribution in [3.8, 4) is 0 Å². The second kappa shape index (κ2) is 7.44. The van der Waals surface area contributed by atoms with Crippen molar-refractivity contribution >= 4 is 35.1 Å². The van der Waals surface area contributed by atoms with Gasteiger partial charge in [-0.2, -0.15) is 0 Å². The van der Waals surface area contributed by atoms with Crippen LogP contribution < -0.4 is 5.32 Å². The van der Waals surface area contributed by atoms with E-state index in [1.165, 1.54) is 31.4 Å². The van der Waals surface area contributed by atoms with Gasteiger partial charge in [-0.05, 0) is 29.8 Å². The number of methoxy groups -OCH3 is 1. The van der Waals surface area contributed by atoms with Crippen molar-refractivity contribution in [1.82, 2.24) is 5.32 Å². The second-order valence-corrected chi connectivity index (χ2v) is 5.43. The largest absolute Gasteiger partial charge is 0.465 e. The number of benzene rings is 2. The summed E-state index contributed by atoms with van der Waals surface area (Å²) in [5.74, 6) is -1.52. The molecule has 120 valence electrons. The highest BCUT2D eigenvalue weighted by Gasteiger charge is 2.18. The van der Waals surface area contributed by atoms with Gasteiger partial charge in [-0.1, -0.05) is 35.3 Å². The number of carbonyl (C=O) groups is 2. The van der Waals surface area contributed by atoms with E-state index < -0.39 is 11.9 Å². The summed E-state index contributed by atoms with van der Waals surface area (Å²) in [6, 6.07) is 8.51. The molecule has 4 nitrogen and oxygen atoms in total. The number of hydrogen-bond donors (Lipinski definition) is 1. The highest BCUT2D eigenvalue weighted by Crippen LogP contribution is 2.27. The highest BCUT2D eigenvalue weighted by atomic mass is 35.5. The van der Waals surface area contributed by atoms with Gasteiger partial charge >= 0.3 is 5.97 Å². The van der Waals surface area contributed by atoms with E-state index in [0.717, 1.165) is 0 Å². The summed E-state index contributed by atoms with van der Waals surface area (Å²) in [6.45, 7) is 0.143. The van der Waals surface area contributed by atoms with E-state index in [4.69, 9.17) is 23.2 Å². The zero-order valence-electron chi connectivity index (χ0n) is 12.0. The lowest BCUT2D eigenvalue weighted by Gasteiger charge is -2.09. The first-order valence-corrected chi connectivity index (χ1v) is 7.28. The molecule has 2 rings (SSSR count). The van der Waals surface area contributed by atoms with E-state index in [1.807, 2.05) is 0 Å². The Labute approximate surface area is 142 Å². The molecule has 23 heavy (non-hydrogen) atoms. The summed E-state index contributed by atoms with van der Waals surface area (Å²) in [5.41, 5.74) is 0.795. The Bertz CT molecular complexity index is 742. The van der Waals surface area contributed by atoms with Gasteiger partial charge in [0.25, 0.3) is 5.91 Å². The Balaban J connectivity index is 2.15. The molecule has 0 saturated carbocycles. The van der Waals surface area contributed by atoms with E-state index in [9.17, 15) is 14.0 Å². The lowest BCUT2D eigenvalue weighted by atomic mass is 10.1. The first-order chi connectivity index (χ1) is 10.9. The van der Waals surface area contributed by atoms with Crippen LogP contribution in [0, 0.1) is 5.82 Å². The molecule has 2 aromatic carbocycles. The van der Waals surface area contributed by atoms with Crippen molar-refractivity contribution in [1.29, 1.82) is 0 Å². The summed E-state index contributed by atoms with van der Waals surface area (Å²) in [5, 5.41) is 2.65. The Hall–Kier alpha value is -2.11. The fraction of sp³-hybridized carbons (Fsp3) is 0.125. The number of rotatable bonds is 4. The second-order valence-electron chi connectivity index (χ2n) is 4.62. The highest BCUT2D eigenvalue weighted by molar-refractivity contribution is 6.39. The molecule has 0 aliphatic heterocycles. The van der Waals surface area contributed by atoms with E-state index in [0.29, 0.717) is 5.56 Å². The van der Waals surface area contributed by atoms with Crippen LogP contribution >= 0.6 is 23.2 Å². The standard InChI is InChI=1S/C16H12Cl2FNO3/c1-23-16(22)14-12(17)6-10(7-13(14)18)15(21)20-8-9-3-2-4-11(19)5-9/h2-7H,8H2,1H3,(H,20,21). The van der Waals surface area contributed by atoms with Crippen LogP contribution in [0.25, 0.3) is 0 Å². The van der Waals surface area contributed by atoms with Crippen LogP contribution in [0.5, 0.6) is 0 Å². The summed E-state index contributed by atoms with van der Waals surface area (Å²) in [4.78, 5) is 23.7. The number of amides is 1. The third-order valence-corrected chi connectivity index (χ3v) is 3.63. The van der Waals surface area contributed by atoms with Crippen LogP contribution in [0.1, 0.15) is 26.3 Å². The molecule has 0 saturated heterocycles. The zero-order chi connectivity index (χ0) is 17.0. The number of carbonyl (C=O) groups excluding carboxylic acids is 2. The smallest absolute Gasteiger partial charge is 0.340 e. The van der Waals surface area contributed by atoms with Crippen LogP contribution in [-0.4, -0.2) is 19.0 Å². The van der Waals surface area contributed by atoms with Gasteiger partial charge in [0.15, 0.2) is 0 Å². The van der Waals surface area contributed by atoms with Gasteiger partial charge in [0, 0.05) is 12.1 Å². The minimum Gasteiger partial charge on any atom is -0.465 e. The van der Waals surface area contributed by atoms with Crippen molar-refractivity contribution < 1.29 is 18.7 Å². The first-order valence-electron chi connectivity index (χ1n) is 6.52. The molecule has 0 atom stereocenters. The summed E-state index contributed by atoms with van der Waals surface area (Å²) < 4.78 is 17.7. The average Bonchev–Trinajstić information content (AvgIpc) is 2.51. The molecule has 0 aliphatic carbocycles. The normalized spacial score (nSPS) is 10.3. The van der Waals surface area contributed by atoms with Crippen LogP contribution in [0.3, 0.4) is 0 Å². The third-order valence-electron chi connectivity index (χ3n) is 3.04.